The Kier molecular flexibility index (Phi) is 4.70. The van der Waals surface area contributed by atoms with Crippen molar-refractivity contribution in [1.29, 1.82) is 0 Å². The van der Waals surface area contributed by atoms with E-state index < -0.39 is 5.41 Å². The molecule has 5 heteroatoms. The number of benzene rings is 2. The Morgan fingerprint density at radius 2 is 1.93 bits per heavy atom. The molecule has 1 saturated carbocycles. The van der Waals surface area contributed by atoms with E-state index in [1.165, 1.54) is 11.1 Å². The highest BCUT2D eigenvalue weighted by Crippen LogP contribution is 2.49. The molecule has 3 aromatic rings. The fourth-order valence-electron chi connectivity index (χ4n) is 3.34. The van der Waals surface area contributed by atoms with Gasteiger partial charge in [0.05, 0.1) is 12.5 Å². The molecule has 1 aliphatic rings. The maximum Gasteiger partial charge on any atom is 0.236 e. The maximum absolute atomic E-state index is 12.9. The zero-order chi connectivity index (χ0) is 18.9. The summed E-state index contributed by atoms with van der Waals surface area (Å²) >= 11 is 1.55. The maximum atomic E-state index is 12.9. The van der Waals surface area contributed by atoms with Crippen LogP contribution in [0.1, 0.15) is 34.4 Å². The Labute approximate surface area is 163 Å². The third-order valence-corrected chi connectivity index (χ3v) is 6.14. The molecule has 0 spiro atoms. The third-order valence-electron chi connectivity index (χ3n) is 5.23. The molecule has 0 unspecified atom stereocenters. The molecule has 0 atom stereocenters. The van der Waals surface area contributed by atoms with Crippen LogP contribution >= 0.6 is 11.3 Å². The van der Waals surface area contributed by atoms with Crippen molar-refractivity contribution in [3.63, 3.8) is 0 Å². The normalized spacial score (nSPS) is 14.6. The molecule has 1 heterocycles. The van der Waals surface area contributed by atoms with Crippen LogP contribution in [0.2, 0.25) is 0 Å². The topological polar surface area (TPSA) is 51.2 Å². The number of thiazole rings is 1. The SMILES string of the molecule is COc1ccc(C2(C(=O)Nc3ncc(Cc4ccccc4C)s3)CC2)cc1. The first kappa shape index (κ1) is 17.7. The van der Waals surface area contributed by atoms with Crippen molar-refractivity contribution < 1.29 is 9.53 Å². The number of aryl methyl sites for hydroxylation is 1. The van der Waals surface area contributed by atoms with E-state index in [1.807, 2.05) is 36.5 Å². The molecule has 1 aromatic heterocycles. The quantitative estimate of drug-likeness (QED) is 0.675. The van der Waals surface area contributed by atoms with Crippen LogP contribution in [0.25, 0.3) is 0 Å². The highest BCUT2D eigenvalue weighted by Gasteiger charge is 2.51. The Morgan fingerprint density at radius 3 is 2.59 bits per heavy atom. The number of ether oxygens (including phenoxy) is 1. The number of nitrogens with zero attached hydrogens (tertiary/aromatic N) is 1. The fraction of sp³-hybridized carbons (Fsp3) is 0.273. The van der Waals surface area contributed by atoms with Crippen molar-refractivity contribution in [1.82, 2.24) is 4.98 Å². The highest BCUT2D eigenvalue weighted by molar-refractivity contribution is 7.15. The van der Waals surface area contributed by atoms with Gasteiger partial charge >= 0.3 is 0 Å². The summed E-state index contributed by atoms with van der Waals surface area (Å²) in [5.74, 6) is 0.834. The number of carbonyl (C=O) groups excluding carboxylic acids is 1. The molecule has 0 bridgehead atoms. The second kappa shape index (κ2) is 7.16. The first-order valence-corrected chi connectivity index (χ1v) is 9.87. The van der Waals surface area contributed by atoms with Crippen LogP contribution in [0, 0.1) is 6.92 Å². The molecule has 27 heavy (non-hydrogen) atoms. The predicted octanol–water partition coefficient (Wildman–Crippen LogP) is 4.72. The molecule has 0 aliphatic heterocycles. The lowest BCUT2D eigenvalue weighted by molar-refractivity contribution is -0.118. The lowest BCUT2D eigenvalue weighted by Crippen LogP contribution is -2.27. The molecule has 4 nitrogen and oxygen atoms in total. The van der Waals surface area contributed by atoms with Gasteiger partial charge in [-0.2, -0.15) is 0 Å². The number of hydrogen-bond acceptors (Lipinski definition) is 4. The zero-order valence-corrected chi connectivity index (χ0v) is 16.3. The van der Waals surface area contributed by atoms with Crippen LogP contribution < -0.4 is 10.1 Å². The molecule has 1 aliphatic carbocycles. The van der Waals surface area contributed by atoms with E-state index in [2.05, 4.69) is 35.4 Å². The van der Waals surface area contributed by atoms with Gasteiger partial charge in [0, 0.05) is 17.5 Å². The van der Waals surface area contributed by atoms with Gasteiger partial charge in [-0.3, -0.25) is 4.79 Å². The Hall–Kier alpha value is -2.66. The van der Waals surface area contributed by atoms with Crippen molar-refractivity contribution in [2.45, 2.75) is 31.6 Å². The first-order valence-electron chi connectivity index (χ1n) is 9.06. The second-order valence-electron chi connectivity index (χ2n) is 7.00. The van der Waals surface area contributed by atoms with Gasteiger partial charge in [0.15, 0.2) is 5.13 Å². The van der Waals surface area contributed by atoms with Gasteiger partial charge in [0.1, 0.15) is 5.75 Å². The van der Waals surface area contributed by atoms with E-state index in [0.29, 0.717) is 5.13 Å². The van der Waals surface area contributed by atoms with Crippen molar-refractivity contribution in [3.05, 3.63) is 76.3 Å². The number of nitrogens with one attached hydrogen (secondary N) is 1. The average Bonchev–Trinajstić information content (AvgIpc) is 3.39. The summed E-state index contributed by atoms with van der Waals surface area (Å²) in [6.45, 7) is 2.12. The highest BCUT2D eigenvalue weighted by atomic mass is 32.1. The summed E-state index contributed by atoms with van der Waals surface area (Å²) in [5.41, 5.74) is 3.18. The largest absolute Gasteiger partial charge is 0.497 e. The summed E-state index contributed by atoms with van der Waals surface area (Å²) in [5, 5.41) is 3.70. The van der Waals surface area contributed by atoms with Crippen molar-refractivity contribution in [3.8, 4) is 5.75 Å². The van der Waals surface area contributed by atoms with Gasteiger partial charge in [-0.05, 0) is 48.6 Å². The first-order chi connectivity index (χ1) is 13.1. The lowest BCUT2D eigenvalue weighted by atomic mass is 9.95. The number of rotatable bonds is 6. The van der Waals surface area contributed by atoms with Crippen molar-refractivity contribution in [2.75, 3.05) is 12.4 Å². The van der Waals surface area contributed by atoms with Crippen LogP contribution in [0.5, 0.6) is 5.75 Å². The van der Waals surface area contributed by atoms with Crippen molar-refractivity contribution in [2.24, 2.45) is 0 Å². The molecule has 138 valence electrons. The van der Waals surface area contributed by atoms with Gasteiger partial charge in [-0.1, -0.05) is 36.4 Å². The molecular weight excluding hydrogens is 356 g/mol. The Balaban J connectivity index is 1.45. The van der Waals surface area contributed by atoms with E-state index in [-0.39, 0.29) is 5.91 Å². The van der Waals surface area contributed by atoms with Gasteiger partial charge in [-0.15, -0.1) is 11.3 Å². The van der Waals surface area contributed by atoms with Gasteiger partial charge in [0.2, 0.25) is 5.91 Å². The van der Waals surface area contributed by atoms with Crippen LogP contribution in [0.4, 0.5) is 5.13 Å². The van der Waals surface area contributed by atoms with Gasteiger partial charge in [0.25, 0.3) is 0 Å². The number of anilines is 1. The second-order valence-corrected chi connectivity index (χ2v) is 8.11. The van der Waals surface area contributed by atoms with E-state index in [9.17, 15) is 4.79 Å². The molecule has 4 rings (SSSR count). The minimum absolute atomic E-state index is 0.0319. The van der Waals surface area contributed by atoms with E-state index >= 15 is 0 Å². The molecular formula is C22H22N2O2S. The van der Waals surface area contributed by atoms with E-state index in [4.69, 9.17) is 4.74 Å². The number of hydrogen-bond donors (Lipinski definition) is 1. The molecule has 0 radical (unpaired) electrons. The van der Waals surface area contributed by atoms with Crippen LogP contribution in [-0.2, 0) is 16.6 Å². The van der Waals surface area contributed by atoms with Gasteiger partial charge < -0.3 is 10.1 Å². The average molecular weight is 378 g/mol. The number of amides is 1. The molecule has 1 amide bonds. The summed E-state index contributed by atoms with van der Waals surface area (Å²) in [6, 6.07) is 16.1. The zero-order valence-electron chi connectivity index (χ0n) is 15.5. The van der Waals surface area contributed by atoms with Crippen LogP contribution in [0.3, 0.4) is 0 Å². The predicted molar refractivity (Wildman–Crippen MR) is 109 cm³/mol. The monoisotopic (exact) mass is 378 g/mol. The number of carbonyl (C=O) groups is 1. The lowest BCUT2D eigenvalue weighted by Gasteiger charge is -2.15. The molecule has 1 fully saturated rings. The standard InChI is InChI=1S/C22H22N2O2S/c1-15-5-3-4-6-16(15)13-19-14-23-21(27-19)24-20(25)22(11-12-22)17-7-9-18(26-2)10-8-17/h3-10,14H,11-13H2,1-2H3,(H,23,24,25). The van der Waals surface area contributed by atoms with E-state index in [0.717, 1.165) is 35.5 Å². The molecule has 2 aromatic carbocycles. The van der Waals surface area contributed by atoms with E-state index in [1.54, 1.807) is 18.4 Å². The summed E-state index contributed by atoms with van der Waals surface area (Å²) in [6.07, 6.45) is 4.43. The number of aromatic nitrogens is 1. The summed E-state index contributed by atoms with van der Waals surface area (Å²) in [7, 11) is 1.64. The van der Waals surface area contributed by atoms with Crippen LogP contribution in [0.15, 0.2) is 54.7 Å². The van der Waals surface area contributed by atoms with Crippen LogP contribution in [-0.4, -0.2) is 18.0 Å². The molecule has 1 N–H and O–H groups in total. The third kappa shape index (κ3) is 3.60. The fourth-order valence-corrected chi connectivity index (χ4v) is 4.17. The smallest absolute Gasteiger partial charge is 0.236 e. The van der Waals surface area contributed by atoms with Crippen molar-refractivity contribution >= 4 is 22.4 Å². The Bertz CT molecular complexity index is 958. The Morgan fingerprint density at radius 1 is 1.19 bits per heavy atom. The summed E-state index contributed by atoms with van der Waals surface area (Å²) < 4.78 is 5.21. The van der Waals surface area contributed by atoms with Gasteiger partial charge in [-0.25, -0.2) is 4.98 Å². The minimum Gasteiger partial charge on any atom is -0.497 e. The number of methoxy groups -OCH3 is 1. The summed E-state index contributed by atoms with van der Waals surface area (Å²) in [4.78, 5) is 18.5. The minimum atomic E-state index is -0.422. The molecule has 0 saturated heterocycles.